The lowest BCUT2D eigenvalue weighted by Crippen LogP contribution is -2.49. The number of ether oxygens (including phenoxy) is 1. The molecule has 116 valence electrons. The van der Waals surface area contributed by atoms with E-state index in [0.29, 0.717) is 0 Å². The molecular formula is C16H31N3O. The molecule has 4 heteroatoms. The number of nitrogens with zero attached hydrogens (tertiary/aromatic N) is 2. The topological polar surface area (TPSA) is 39.1 Å². The molecular weight excluding hydrogens is 250 g/mol. The second kappa shape index (κ2) is 7.79. The molecule has 0 bridgehead atoms. The zero-order valence-corrected chi connectivity index (χ0v) is 13.9. The van der Waals surface area contributed by atoms with E-state index in [1.807, 2.05) is 6.20 Å². The highest BCUT2D eigenvalue weighted by Gasteiger charge is 2.32. The highest BCUT2D eigenvalue weighted by molar-refractivity contribution is 4.99. The van der Waals surface area contributed by atoms with Gasteiger partial charge in [0.1, 0.15) is 5.82 Å². The minimum atomic E-state index is 0.101. The summed E-state index contributed by atoms with van der Waals surface area (Å²) in [6.45, 7) is 13.0. The Morgan fingerprint density at radius 1 is 1.35 bits per heavy atom. The van der Waals surface area contributed by atoms with Crippen LogP contribution in [0.5, 0.6) is 0 Å². The number of aryl methyl sites for hydroxylation is 1. The van der Waals surface area contributed by atoms with Crippen molar-refractivity contribution in [2.24, 2.45) is 5.41 Å². The van der Waals surface area contributed by atoms with E-state index in [1.54, 1.807) is 7.11 Å². The molecule has 0 aliphatic carbocycles. The number of likely N-dealkylation sites (N-methyl/N-ethyl adjacent to an activating group) is 1. The fourth-order valence-electron chi connectivity index (χ4n) is 2.84. The van der Waals surface area contributed by atoms with Crippen molar-refractivity contribution in [1.82, 2.24) is 14.9 Å². The van der Waals surface area contributed by atoms with Crippen LogP contribution in [0.3, 0.4) is 0 Å². The fraction of sp³-hybridized carbons (Fsp3) is 0.812. The average Bonchev–Trinajstić information content (AvgIpc) is 2.76. The normalized spacial score (nSPS) is 15.3. The van der Waals surface area contributed by atoms with E-state index >= 15 is 0 Å². The van der Waals surface area contributed by atoms with Crippen LogP contribution in [0.15, 0.2) is 12.4 Å². The summed E-state index contributed by atoms with van der Waals surface area (Å²) in [5, 5.41) is 3.57. The summed E-state index contributed by atoms with van der Waals surface area (Å²) in [5.41, 5.74) is 0.101. The smallest absolute Gasteiger partial charge is 0.110 e. The number of aromatic nitrogens is 2. The molecule has 2 atom stereocenters. The number of hydrogen-bond acceptors (Lipinski definition) is 3. The zero-order valence-electron chi connectivity index (χ0n) is 13.9. The summed E-state index contributed by atoms with van der Waals surface area (Å²) in [6.07, 6.45) is 6.15. The SMILES string of the molecule is CCCn1ccnc1CC(NCC)C(OC)C(C)(C)C. The van der Waals surface area contributed by atoms with Gasteiger partial charge in [-0.05, 0) is 18.4 Å². The summed E-state index contributed by atoms with van der Waals surface area (Å²) in [4.78, 5) is 4.52. The van der Waals surface area contributed by atoms with Crippen molar-refractivity contribution in [3.63, 3.8) is 0 Å². The first-order valence-electron chi connectivity index (χ1n) is 7.70. The van der Waals surface area contributed by atoms with Crippen LogP contribution in [0.25, 0.3) is 0 Å². The summed E-state index contributed by atoms with van der Waals surface area (Å²) in [7, 11) is 1.80. The van der Waals surface area contributed by atoms with Crippen LogP contribution in [0.2, 0.25) is 0 Å². The Kier molecular flexibility index (Phi) is 6.69. The molecule has 20 heavy (non-hydrogen) atoms. The average molecular weight is 281 g/mol. The van der Waals surface area contributed by atoms with Crippen LogP contribution < -0.4 is 5.32 Å². The van der Waals surface area contributed by atoms with Crippen molar-refractivity contribution in [1.29, 1.82) is 0 Å². The molecule has 0 saturated carbocycles. The molecule has 0 fully saturated rings. The van der Waals surface area contributed by atoms with Crippen molar-refractivity contribution in [2.45, 2.75) is 66.2 Å². The Balaban J connectivity index is 2.88. The third-order valence-corrected chi connectivity index (χ3v) is 3.61. The third-order valence-electron chi connectivity index (χ3n) is 3.61. The molecule has 0 amide bonds. The molecule has 0 radical (unpaired) electrons. The van der Waals surface area contributed by atoms with Gasteiger partial charge in [0.25, 0.3) is 0 Å². The molecule has 1 heterocycles. The zero-order chi connectivity index (χ0) is 15.2. The van der Waals surface area contributed by atoms with Crippen LogP contribution in [0.1, 0.15) is 46.9 Å². The third kappa shape index (κ3) is 4.60. The molecule has 0 aliphatic rings. The van der Waals surface area contributed by atoms with E-state index < -0.39 is 0 Å². The second-order valence-corrected chi connectivity index (χ2v) is 6.43. The quantitative estimate of drug-likeness (QED) is 0.796. The van der Waals surface area contributed by atoms with Gasteiger partial charge in [-0.2, -0.15) is 0 Å². The van der Waals surface area contributed by atoms with Crippen molar-refractivity contribution in [3.05, 3.63) is 18.2 Å². The largest absolute Gasteiger partial charge is 0.379 e. The lowest BCUT2D eigenvalue weighted by molar-refractivity contribution is -0.0112. The summed E-state index contributed by atoms with van der Waals surface area (Å²) in [6, 6.07) is 0.281. The molecule has 1 N–H and O–H groups in total. The number of rotatable bonds is 8. The molecule has 0 spiro atoms. The Morgan fingerprint density at radius 2 is 2.05 bits per heavy atom. The van der Waals surface area contributed by atoms with Gasteiger partial charge < -0.3 is 14.6 Å². The predicted molar refractivity (Wildman–Crippen MR) is 83.9 cm³/mol. The van der Waals surface area contributed by atoms with Gasteiger partial charge in [0.05, 0.1) is 6.10 Å². The van der Waals surface area contributed by atoms with E-state index in [0.717, 1.165) is 31.8 Å². The summed E-state index contributed by atoms with van der Waals surface area (Å²) in [5.74, 6) is 1.14. The van der Waals surface area contributed by atoms with Crippen molar-refractivity contribution in [2.75, 3.05) is 13.7 Å². The molecule has 0 saturated heterocycles. The lowest BCUT2D eigenvalue weighted by Gasteiger charge is -2.36. The van der Waals surface area contributed by atoms with Crippen molar-refractivity contribution >= 4 is 0 Å². The maximum atomic E-state index is 5.78. The van der Waals surface area contributed by atoms with E-state index in [4.69, 9.17) is 4.74 Å². The monoisotopic (exact) mass is 281 g/mol. The van der Waals surface area contributed by atoms with Gasteiger partial charge in [-0.15, -0.1) is 0 Å². The van der Waals surface area contributed by atoms with Crippen LogP contribution in [-0.2, 0) is 17.7 Å². The van der Waals surface area contributed by atoms with Gasteiger partial charge in [-0.25, -0.2) is 4.98 Å². The summed E-state index contributed by atoms with van der Waals surface area (Å²) < 4.78 is 8.03. The number of hydrogen-bond donors (Lipinski definition) is 1. The van der Waals surface area contributed by atoms with Crippen LogP contribution in [0, 0.1) is 5.41 Å². The maximum Gasteiger partial charge on any atom is 0.110 e. The van der Waals surface area contributed by atoms with E-state index in [2.05, 4.69) is 55.7 Å². The minimum absolute atomic E-state index is 0.101. The first-order valence-corrected chi connectivity index (χ1v) is 7.70. The Hall–Kier alpha value is -0.870. The van der Waals surface area contributed by atoms with Crippen molar-refractivity contribution in [3.8, 4) is 0 Å². The standard InChI is InChI=1S/C16H31N3O/c1-7-10-19-11-9-18-14(19)12-13(17-8-2)15(20-6)16(3,4)5/h9,11,13,15,17H,7-8,10,12H2,1-6H3. The fourth-order valence-corrected chi connectivity index (χ4v) is 2.84. The molecule has 1 aromatic heterocycles. The van der Waals surface area contributed by atoms with Gasteiger partial charge >= 0.3 is 0 Å². The first-order chi connectivity index (χ1) is 9.43. The van der Waals surface area contributed by atoms with Crippen LogP contribution >= 0.6 is 0 Å². The van der Waals surface area contributed by atoms with Crippen LogP contribution in [0.4, 0.5) is 0 Å². The number of methoxy groups -OCH3 is 1. The Bertz CT molecular complexity index is 381. The van der Waals surface area contributed by atoms with E-state index in [9.17, 15) is 0 Å². The van der Waals surface area contributed by atoms with Gasteiger partial charge in [-0.1, -0.05) is 34.6 Å². The number of imidazole rings is 1. The minimum Gasteiger partial charge on any atom is -0.379 e. The highest BCUT2D eigenvalue weighted by atomic mass is 16.5. The maximum absolute atomic E-state index is 5.78. The summed E-state index contributed by atoms with van der Waals surface area (Å²) >= 11 is 0. The predicted octanol–water partition coefficient (Wildman–Crippen LogP) is 2.87. The first kappa shape index (κ1) is 17.2. The van der Waals surface area contributed by atoms with E-state index in [-0.39, 0.29) is 17.6 Å². The molecule has 0 aromatic carbocycles. The van der Waals surface area contributed by atoms with Crippen LogP contribution in [-0.4, -0.2) is 35.4 Å². The Labute approximate surface area is 123 Å². The molecule has 1 aromatic rings. The van der Waals surface area contributed by atoms with Gasteiger partial charge in [-0.3, -0.25) is 0 Å². The Morgan fingerprint density at radius 3 is 2.55 bits per heavy atom. The molecule has 4 nitrogen and oxygen atoms in total. The van der Waals surface area contributed by atoms with Gasteiger partial charge in [0.15, 0.2) is 0 Å². The lowest BCUT2D eigenvalue weighted by atomic mass is 9.83. The number of nitrogens with one attached hydrogen (secondary N) is 1. The highest BCUT2D eigenvalue weighted by Crippen LogP contribution is 2.26. The van der Waals surface area contributed by atoms with Gasteiger partial charge in [0, 0.05) is 38.5 Å². The molecule has 0 aliphatic heterocycles. The van der Waals surface area contributed by atoms with Crippen molar-refractivity contribution < 1.29 is 4.74 Å². The second-order valence-electron chi connectivity index (χ2n) is 6.43. The van der Waals surface area contributed by atoms with Gasteiger partial charge in [0.2, 0.25) is 0 Å². The molecule has 1 rings (SSSR count). The van der Waals surface area contributed by atoms with E-state index in [1.165, 1.54) is 0 Å². The molecule has 2 unspecified atom stereocenters.